The van der Waals surface area contributed by atoms with E-state index in [9.17, 15) is 4.39 Å². The van der Waals surface area contributed by atoms with E-state index in [1.807, 2.05) is 6.07 Å². The van der Waals surface area contributed by atoms with E-state index in [1.54, 1.807) is 6.07 Å². The van der Waals surface area contributed by atoms with Gasteiger partial charge in [0.1, 0.15) is 5.82 Å². The Hall–Kier alpha value is -1.09. The summed E-state index contributed by atoms with van der Waals surface area (Å²) in [6.07, 6.45) is 2.12. The van der Waals surface area contributed by atoms with Crippen molar-refractivity contribution in [3.63, 3.8) is 0 Å². The second-order valence-corrected chi connectivity index (χ2v) is 3.72. The molecule has 1 fully saturated rings. The molecule has 1 aliphatic rings. The van der Waals surface area contributed by atoms with Gasteiger partial charge in [0, 0.05) is 12.0 Å². The molecule has 0 spiro atoms. The van der Waals surface area contributed by atoms with E-state index in [1.165, 1.54) is 6.07 Å². The van der Waals surface area contributed by atoms with Crippen molar-refractivity contribution in [1.29, 1.82) is 0 Å². The van der Waals surface area contributed by atoms with Gasteiger partial charge in [-0.05, 0) is 30.5 Å². The standard InChI is InChI=1S/C10H13FN2/c11-8-5-7(1-2-9(8)13)10(6-12)3-4-10/h1-2,5H,3-4,6,12-13H2. The minimum Gasteiger partial charge on any atom is -0.396 e. The third kappa shape index (κ3) is 1.29. The summed E-state index contributed by atoms with van der Waals surface area (Å²) in [6.45, 7) is 0.594. The molecule has 1 aromatic carbocycles. The van der Waals surface area contributed by atoms with Crippen molar-refractivity contribution in [2.45, 2.75) is 18.3 Å². The van der Waals surface area contributed by atoms with Crippen LogP contribution >= 0.6 is 0 Å². The van der Waals surface area contributed by atoms with E-state index in [0.29, 0.717) is 6.54 Å². The highest BCUT2D eigenvalue weighted by molar-refractivity contribution is 5.45. The van der Waals surface area contributed by atoms with Crippen LogP contribution in [-0.4, -0.2) is 6.54 Å². The summed E-state index contributed by atoms with van der Waals surface area (Å²) in [4.78, 5) is 0. The maximum atomic E-state index is 13.1. The van der Waals surface area contributed by atoms with Crippen LogP contribution in [0.4, 0.5) is 10.1 Å². The number of nitrogens with two attached hydrogens (primary N) is 2. The van der Waals surface area contributed by atoms with Crippen LogP contribution in [0.1, 0.15) is 18.4 Å². The third-order valence-corrected chi connectivity index (χ3v) is 2.86. The number of hydrogen-bond donors (Lipinski definition) is 2. The second-order valence-electron chi connectivity index (χ2n) is 3.72. The average molecular weight is 180 g/mol. The molecule has 13 heavy (non-hydrogen) atoms. The second kappa shape index (κ2) is 2.70. The first kappa shape index (κ1) is 8.51. The van der Waals surface area contributed by atoms with E-state index in [-0.39, 0.29) is 16.9 Å². The van der Waals surface area contributed by atoms with Gasteiger partial charge in [-0.2, -0.15) is 0 Å². The van der Waals surface area contributed by atoms with E-state index >= 15 is 0 Å². The molecule has 2 nitrogen and oxygen atoms in total. The molecule has 2 rings (SSSR count). The van der Waals surface area contributed by atoms with Gasteiger partial charge in [0.05, 0.1) is 5.69 Å². The summed E-state index contributed by atoms with van der Waals surface area (Å²) in [5, 5.41) is 0. The highest BCUT2D eigenvalue weighted by Crippen LogP contribution is 2.47. The largest absolute Gasteiger partial charge is 0.396 e. The molecule has 1 saturated carbocycles. The summed E-state index contributed by atoms with van der Waals surface area (Å²) < 4.78 is 13.1. The fourth-order valence-electron chi connectivity index (χ4n) is 1.62. The zero-order valence-corrected chi connectivity index (χ0v) is 7.39. The first-order chi connectivity index (χ1) is 6.18. The molecular weight excluding hydrogens is 167 g/mol. The van der Waals surface area contributed by atoms with Crippen LogP contribution < -0.4 is 11.5 Å². The predicted molar refractivity (Wildman–Crippen MR) is 50.8 cm³/mol. The molecule has 0 aromatic heterocycles. The van der Waals surface area contributed by atoms with Gasteiger partial charge in [0.25, 0.3) is 0 Å². The highest BCUT2D eigenvalue weighted by Gasteiger charge is 2.42. The number of hydrogen-bond acceptors (Lipinski definition) is 2. The van der Waals surface area contributed by atoms with Crippen molar-refractivity contribution in [3.05, 3.63) is 29.6 Å². The van der Waals surface area contributed by atoms with Crippen LogP contribution in [0.15, 0.2) is 18.2 Å². The van der Waals surface area contributed by atoms with Crippen molar-refractivity contribution in [2.24, 2.45) is 5.73 Å². The summed E-state index contributed by atoms with van der Waals surface area (Å²) in [5.41, 5.74) is 12.3. The van der Waals surface area contributed by atoms with Gasteiger partial charge in [0.15, 0.2) is 0 Å². The number of halogens is 1. The van der Waals surface area contributed by atoms with Gasteiger partial charge >= 0.3 is 0 Å². The van der Waals surface area contributed by atoms with Gasteiger partial charge in [-0.15, -0.1) is 0 Å². The zero-order valence-electron chi connectivity index (χ0n) is 7.39. The summed E-state index contributed by atoms with van der Waals surface area (Å²) in [5.74, 6) is -0.336. The van der Waals surface area contributed by atoms with Gasteiger partial charge < -0.3 is 11.5 Å². The summed E-state index contributed by atoms with van der Waals surface area (Å²) in [6, 6.07) is 4.99. The maximum Gasteiger partial charge on any atom is 0.146 e. The van der Waals surface area contributed by atoms with E-state index in [4.69, 9.17) is 11.5 Å². The zero-order chi connectivity index (χ0) is 9.47. The van der Waals surface area contributed by atoms with Gasteiger partial charge in [-0.25, -0.2) is 4.39 Å². The molecule has 0 atom stereocenters. The van der Waals surface area contributed by atoms with Crippen molar-refractivity contribution < 1.29 is 4.39 Å². The summed E-state index contributed by atoms with van der Waals surface area (Å²) >= 11 is 0. The fraction of sp³-hybridized carbons (Fsp3) is 0.400. The lowest BCUT2D eigenvalue weighted by Gasteiger charge is -2.12. The van der Waals surface area contributed by atoms with Crippen LogP contribution in [0, 0.1) is 5.82 Å². The molecule has 3 heteroatoms. The Morgan fingerprint density at radius 3 is 2.54 bits per heavy atom. The van der Waals surface area contributed by atoms with Crippen molar-refractivity contribution >= 4 is 5.69 Å². The minimum absolute atomic E-state index is 0.0501. The molecule has 1 aliphatic carbocycles. The molecule has 0 radical (unpaired) electrons. The smallest absolute Gasteiger partial charge is 0.146 e. The number of benzene rings is 1. The lowest BCUT2D eigenvalue weighted by atomic mass is 9.96. The first-order valence-corrected chi connectivity index (χ1v) is 4.43. The van der Waals surface area contributed by atoms with Crippen LogP contribution in [0.2, 0.25) is 0 Å². The lowest BCUT2D eigenvalue weighted by molar-refractivity contribution is 0.620. The molecule has 0 heterocycles. The topological polar surface area (TPSA) is 52.0 Å². The number of nitrogen functional groups attached to an aromatic ring is 1. The number of rotatable bonds is 2. The Labute approximate surface area is 76.7 Å². The van der Waals surface area contributed by atoms with Crippen LogP contribution in [0.25, 0.3) is 0 Å². The Bertz CT molecular complexity index is 332. The third-order valence-electron chi connectivity index (χ3n) is 2.86. The van der Waals surface area contributed by atoms with E-state index < -0.39 is 0 Å². The SMILES string of the molecule is NCC1(c2ccc(N)c(F)c2)CC1. The monoisotopic (exact) mass is 180 g/mol. The Morgan fingerprint density at radius 1 is 1.38 bits per heavy atom. The molecule has 0 unspecified atom stereocenters. The maximum absolute atomic E-state index is 13.1. The summed E-state index contributed by atoms with van der Waals surface area (Å²) in [7, 11) is 0. The van der Waals surface area contributed by atoms with Gasteiger partial charge in [-0.1, -0.05) is 6.07 Å². The Balaban J connectivity index is 2.37. The molecule has 0 bridgehead atoms. The predicted octanol–water partition coefficient (Wildman–Crippen LogP) is 1.40. The van der Waals surface area contributed by atoms with E-state index in [0.717, 1.165) is 18.4 Å². The first-order valence-electron chi connectivity index (χ1n) is 4.43. The molecule has 70 valence electrons. The van der Waals surface area contributed by atoms with E-state index in [2.05, 4.69) is 0 Å². The van der Waals surface area contributed by atoms with Crippen molar-refractivity contribution in [1.82, 2.24) is 0 Å². The Morgan fingerprint density at radius 2 is 2.08 bits per heavy atom. The molecule has 0 amide bonds. The lowest BCUT2D eigenvalue weighted by Crippen LogP contribution is -2.19. The van der Waals surface area contributed by atoms with Crippen LogP contribution in [-0.2, 0) is 5.41 Å². The highest BCUT2D eigenvalue weighted by atomic mass is 19.1. The van der Waals surface area contributed by atoms with Gasteiger partial charge in [-0.3, -0.25) is 0 Å². The van der Waals surface area contributed by atoms with Crippen molar-refractivity contribution in [3.8, 4) is 0 Å². The minimum atomic E-state index is -0.336. The quantitative estimate of drug-likeness (QED) is 0.676. The van der Waals surface area contributed by atoms with Crippen molar-refractivity contribution in [2.75, 3.05) is 12.3 Å². The normalized spacial score (nSPS) is 18.6. The Kier molecular flexibility index (Phi) is 1.77. The van der Waals surface area contributed by atoms with Crippen LogP contribution in [0.3, 0.4) is 0 Å². The molecule has 1 aromatic rings. The fourth-order valence-corrected chi connectivity index (χ4v) is 1.62. The molecule has 0 saturated heterocycles. The average Bonchev–Trinajstić information content (AvgIpc) is 2.90. The van der Waals surface area contributed by atoms with Crippen LogP contribution in [0.5, 0.6) is 0 Å². The molecular formula is C10H13FN2. The molecule has 0 aliphatic heterocycles. The van der Waals surface area contributed by atoms with Gasteiger partial charge in [0.2, 0.25) is 0 Å². The molecule has 4 N–H and O–H groups in total. The number of anilines is 1.